The first kappa shape index (κ1) is 18.9. The number of nitrogens with zero attached hydrogens (tertiary/aromatic N) is 1. The highest BCUT2D eigenvalue weighted by Crippen LogP contribution is 2.27. The van der Waals surface area contributed by atoms with Gasteiger partial charge in [-0.25, -0.2) is 0 Å². The minimum atomic E-state index is 0.376. The maximum Gasteiger partial charge on any atom is 0.162 e. The lowest BCUT2D eigenvalue weighted by Crippen LogP contribution is -3.14. The summed E-state index contributed by atoms with van der Waals surface area (Å²) in [6.07, 6.45) is 0. The molecule has 0 radical (unpaired) electrons. The molecular formula is C22H27N2O3+. The van der Waals surface area contributed by atoms with E-state index in [4.69, 9.17) is 14.2 Å². The third kappa shape index (κ3) is 5.08. The second-order valence-electron chi connectivity index (χ2n) is 6.38. The summed E-state index contributed by atoms with van der Waals surface area (Å²) in [6, 6.07) is 15.8. The molecule has 2 aromatic rings. The van der Waals surface area contributed by atoms with Crippen LogP contribution >= 0.6 is 0 Å². The van der Waals surface area contributed by atoms with Gasteiger partial charge in [-0.05, 0) is 30.2 Å². The number of rotatable bonds is 6. The van der Waals surface area contributed by atoms with Crippen LogP contribution in [0.15, 0.2) is 48.5 Å². The smallest absolute Gasteiger partial charge is 0.162 e. The Morgan fingerprint density at radius 1 is 0.852 bits per heavy atom. The van der Waals surface area contributed by atoms with Crippen molar-refractivity contribution in [2.45, 2.75) is 0 Å². The normalized spacial score (nSPS) is 14.2. The summed E-state index contributed by atoms with van der Waals surface area (Å²) in [5.74, 6) is 8.76. The Labute approximate surface area is 161 Å². The molecule has 142 valence electrons. The Hall–Kier alpha value is -2.84. The van der Waals surface area contributed by atoms with E-state index in [0.717, 1.165) is 50.0 Å². The molecule has 0 bridgehead atoms. The summed E-state index contributed by atoms with van der Waals surface area (Å²) in [7, 11) is 3.37. The zero-order valence-corrected chi connectivity index (χ0v) is 16.0. The van der Waals surface area contributed by atoms with Gasteiger partial charge in [0.1, 0.15) is 18.9 Å². The Kier molecular flexibility index (Phi) is 6.84. The van der Waals surface area contributed by atoms with Gasteiger partial charge < -0.3 is 24.0 Å². The predicted octanol–water partition coefficient (Wildman–Crippen LogP) is 1.49. The lowest BCUT2D eigenvalue weighted by molar-refractivity contribution is -0.893. The molecule has 0 saturated carbocycles. The van der Waals surface area contributed by atoms with Gasteiger partial charge in [-0.15, -0.1) is 0 Å². The summed E-state index contributed by atoms with van der Waals surface area (Å²) in [6.45, 7) is 5.38. The molecule has 1 aliphatic rings. The van der Waals surface area contributed by atoms with Crippen LogP contribution in [0.5, 0.6) is 17.2 Å². The van der Waals surface area contributed by atoms with E-state index in [9.17, 15) is 0 Å². The van der Waals surface area contributed by atoms with Crippen LogP contribution in [-0.2, 0) is 0 Å². The van der Waals surface area contributed by atoms with Crippen molar-refractivity contribution in [3.05, 3.63) is 48.5 Å². The third-order valence-electron chi connectivity index (χ3n) is 4.73. The Morgan fingerprint density at radius 2 is 1.48 bits per heavy atom. The van der Waals surface area contributed by atoms with Gasteiger partial charge in [-0.1, -0.05) is 30.2 Å². The predicted molar refractivity (Wildman–Crippen MR) is 107 cm³/mol. The van der Waals surface area contributed by atoms with Gasteiger partial charge in [0.2, 0.25) is 0 Å². The Bertz CT molecular complexity index is 789. The number of benzene rings is 2. The van der Waals surface area contributed by atoms with Crippen LogP contribution in [0.1, 0.15) is 0 Å². The lowest BCUT2D eigenvalue weighted by atomic mass is 10.2. The van der Waals surface area contributed by atoms with Crippen molar-refractivity contribution in [1.82, 2.24) is 0 Å². The molecule has 1 heterocycles. The molecule has 1 aliphatic heterocycles. The maximum atomic E-state index is 5.69. The first-order valence-corrected chi connectivity index (χ1v) is 9.25. The van der Waals surface area contributed by atoms with Crippen LogP contribution in [0.4, 0.5) is 5.69 Å². The molecule has 1 fully saturated rings. The van der Waals surface area contributed by atoms with Gasteiger partial charge in [0.05, 0.1) is 46.1 Å². The number of piperazine rings is 1. The van der Waals surface area contributed by atoms with Crippen molar-refractivity contribution in [3.8, 4) is 29.1 Å². The van der Waals surface area contributed by atoms with E-state index in [1.165, 1.54) is 10.6 Å². The molecule has 1 N–H and O–H groups in total. The number of anilines is 1. The van der Waals surface area contributed by atoms with Gasteiger partial charge in [0.25, 0.3) is 0 Å². The molecule has 5 nitrogen and oxygen atoms in total. The van der Waals surface area contributed by atoms with Gasteiger partial charge in [0.15, 0.2) is 11.5 Å². The van der Waals surface area contributed by atoms with Gasteiger partial charge in [-0.2, -0.15) is 0 Å². The largest absolute Gasteiger partial charge is 0.495 e. The molecule has 3 rings (SSSR count). The van der Waals surface area contributed by atoms with E-state index in [1.54, 1.807) is 14.2 Å². The second kappa shape index (κ2) is 9.75. The number of quaternary nitrogens is 1. The fraction of sp³-hybridized carbons (Fsp3) is 0.364. The quantitative estimate of drug-likeness (QED) is 0.785. The summed E-state index contributed by atoms with van der Waals surface area (Å²) in [4.78, 5) is 3.89. The first-order chi connectivity index (χ1) is 13.3. The molecule has 2 aromatic carbocycles. The summed E-state index contributed by atoms with van der Waals surface area (Å²) in [5, 5.41) is 0. The molecule has 0 amide bonds. The summed E-state index contributed by atoms with van der Waals surface area (Å²) >= 11 is 0. The van der Waals surface area contributed by atoms with Crippen molar-refractivity contribution in [2.24, 2.45) is 0 Å². The van der Waals surface area contributed by atoms with Crippen LogP contribution in [-0.4, -0.2) is 53.6 Å². The number of hydrogen-bond acceptors (Lipinski definition) is 4. The van der Waals surface area contributed by atoms with Gasteiger partial charge in [0, 0.05) is 0 Å². The Morgan fingerprint density at radius 3 is 2.19 bits per heavy atom. The molecule has 1 saturated heterocycles. The molecule has 5 heteroatoms. The van der Waals surface area contributed by atoms with Crippen molar-refractivity contribution >= 4 is 5.69 Å². The SMILES string of the molecule is COc1ccccc1OCC#CC[NH+]1CCN(c2ccccc2OC)CC1. The van der Waals surface area contributed by atoms with Crippen LogP contribution in [0.25, 0.3) is 0 Å². The second-order valence-corrected chi connectivity index (χ2v) is 6.38. The highest BCUT2D eigenvalue weighted by atomic mass is 16.5. The van der Waals surface area contributed by atoms with Crippen LogP contribution < -0.4 is 24.0 Å². The molecule has 0 unspecified atom stereocenters. The summed E-state index contributed by atoms with van der Waals surface area (Å²) < 4.78 is 16.4. The zero-order valence-electron chi connectivity index (χ0n) is 16.0. The highest BCUT2D eigenvalue weighted by molar-refractivity contribution is 5.58. The van der Waals surface area contributed by atoms with E-state index in [1.807, 2.05) is 36.4 Å². The van der Waals surface area contributed by atoms with E-state index >= 15 is 0 Å². The average Bonchev–Trinajstić information content (AvgIpc) is 2.74. The minimum Gasteiger partial charge on any atom is -0.495 e. The van der Waals surface area contributed by atoms with Crippen molar-refractivity contribution < 1.29 is 19.1 Å². The fourth-order valence-electron chi connectivity index (χ4n) is 3.22. The molecular weight excluding hydrogens is 340 g/mol. The van der Waals surface area contributed by atoms with Crippen molar-refractivity contribution in [2.75, 3.05) is 58.5 Å². The molecule has 0 atom stereocenters. The van der Waals surface area contributed by atoms with E-state index < -0.39 is 0 Å². The number of hydrogen-bond donors (Lipinski definition) is 1. The monoisotopic (exact) mass is 367 g/mol. The van der Waals surface area contributed by atoms with Gasteiger partial charge >= 0.3 is 0 Å². The number of para-hydroxylation sites is 4. The van der Waals surface area contributed by atoms with Crippen LogP contribution in [0.2, 0.25) is 0 Å². The standard InChI is InChI=1S/C22H26N2O3/c1-25-20-10-4-3-9-19(20)24-16-14-23(15-17-24)13-7-8-18-27-22-12-6-5-11-21(22)26-2/h3-6,9-12H,13-18H2,1-2H3/p+1. The minimum absolute atomic E-state index is 0.376. The number of nitrogens with one attached hydrogen (secondary N) is 1. The van der Waals surface area contributed by atoms with E-state index in [-0.39, 0.29) is 0 Å². The van der Waals surface area contributed by atoms with Crippen LogP contribution in [0.3, 0.4) is 0 Å². The maximum absolute atomic E-state index is 5.69. The molecule has 0 aliphatic carbocycles. The van der Waals surface area contributed by atoms with E-state index in [2.05, 4.69) is 28.9 Å². The van der Waals surface area contributed by atoms with E-state index in [0.29, 0.717) is 6.61 Å². The first-order valence-electron chi connectivity index (χ1n) is 9.25. The topological polar surface area (TPSA) is 35.4 Å². The third-order valence-corrected chi connectivity index (χ3v) is 4.73. The van der Waals surface area contributed by atoms with Crippen molar-refractivity contribution in [1.29, 1.82) is 0 Å². The lowest BCUT2D eigenvalue weighted by Gasteiger charge is -2.33. The summed E-state index contributed by atoms with van der Waals surface area (Å²) in [5.41, 5.74) is 1.18. The molecule has 0 spiro atoms. The number of methoxy groups -OCH3 is 2. The Balaban J connectivity index is 1.43. The zero-order chi connectivity index (χ0) is 18.9. The highest BCUT2D eigenvalue weighted by Gasteiger charge is 2.21. The number of ether oxygens (including phenoxy) is 3. The van der Waals surface area contributed by atoms with Crippen LogP contribution in [0, 0.1) is 11.8 Å². The fourth-order valence-corrected chi connectivity index (χ4v) is 3.22. The van der Waals surface area contributed by atoms with Gasteiger partial charge in [-0.3, -0.25) is 0 Å². The van der Waals surface area contributed by atoms with Crippen molar-refractivity contribution in [3.63, 3.8) is 0 Å². The average molecular weight is 367 g/mol. The molecule has 27 heavy (non-hydrogen) atoms. The molecule has 0 aromatic heterocycles.